The Kier molecular flexibility index (Phi) is 11.5. The molecule has 2 N–H and O–H groups in total. The van der Waals surface area contributed by atoms with Crippen molar-refractivity contribution in [3.05, 3.63) is 58.2 Å². The molecule has 0 radical (unpaired) electrons. The van der Waals surface area contributed by atoms with Gasteiger partial charge in [0.1, 0.15) is 18.2 Å². The Bertz CT molecular complexity index is 668. The number of benzene rings is 1. The summed E-state index contributed by atoms with van der Waals surface area (Å²) in [5.74, 6) is 1.33. The molecule has 0 unspecified atom stereocenters. The first kappa shape index (κ1) is 22.9. The molecule has 1 aromatic heterocycles. The quantitative estimate of drug-likeness (QED) is 0.218. The molecule has 0 bridgehead atoms. The number of hydrogen-bond donors (Lipinski definition) is 2. The highest BCUT2D eigenvalue weighted by molar-refractivity contribution is 14.0. The normalized spacial score (nSPS) is 11.1. The van der Waals surface area contributed by atoms with E-state index in [0.29, 0.717) is 37.7 Å². The third-order valence-electron chi connectivity index (χ3n) is 3.50. The molecule has 0 fully saturated rings. The zero-order valence-electron chi connectivity index (χ0n) is 14.6. The van der Waals surface area contributed by atoms with Crippen LogP contribution in [0.3, 0.4) is 0 Å². The van der Waals surface area contributed by atoms with Gasteiger partial charge in [-0.05, 0) is 48.7 Å². The smallest absolute Gasteiger partial charge is 0.190 e. The number of guanidine groups is 1. The maximum Gasteiger partial charge on any atom is 0.190 e. The van der Waals surface area contributed by atoms with E-state index >= 15 is 0 Å². The Morgan fingerprint density at radius 1 is 1.27 bits per heavy atom. The molecule has 0 amide bonds. The average molecular weight is 540 g/mol. The minimum atomic E-state index is -0.193. The molecular formula is C18H24BrFIN3O2. The Hall–Kier alpha value is -1.13. The first-order valence-corrected chi connectivity index (χ1v) is 8.97. The Balaban J connectivity index is 0.00000338. The van der Waals surface area contributed by atoms with Crippen LogP contribution in [0.5, 0.6) is 0 Å². The number of hydrogen-bond acceptors (Lipinski definition) is 3. The van der Waals surface area contributed by atoms with Gasteiger partial charge in [0.05, 0.1) is 6.26 Å². The van der Waals surface area contributed by atoms with Gasteiger partial charge in [0.25, 0.3) is 0 Å². The van der Waals surface area contributed by atoms with Gasteiger partial charge < -0.3 is 19.8 Å². The molecule has 0 atom stereocenters. The number of nitrogens with one attached hydrogen (secondary N) is 2. The lowest BCUT2D eigenvalue weighted by Gasteiger charge is -2.12. The van der Waals surface area contributed by atoms with Crippen molar-refractivity contribution in [2.75, 3.05) is 26.7 Å². The van der Waals surface area contributed by atoms with E-state index in [-0.39, 0.29) is 29.8 Å². The minimum Gasteiger partial charge on any atom is -0.467 e. The van der Waals surface area contributed by atoms with E-state index in [1.807, 2.05) is 12.1 Å². The standard InChI is InChI=1S/C18H23BrFN3O2.HI/c1-21-18(22-8-3-10-24-13-16-4-2-11-25-16)23-9-7-14-12-15(19)5-6-17(14)20;/h2,4-6,11-12H,3,7-10,13H2,1H3,(H2,21,22,23);1H. The van der Waals surface area contributed by atoms with Crippen LogP contribution in [0.4, 0.5) is 4.39 Å². The van der Waals surface area contributed by atoms with Gasteiger partial charge in [-0.3, -0.25) is 4.99 Å². The van der Waals surface area contributed by atoms with E-state index in [2.05, 4.69) is 31.6 Å². The first-order chi connectivity index (χ1) is 12.2. The van der Waals surface area contributed by atoms with Crippen molar-refractivity contribution < 1.29 is 13.5 Å². The molecule has 2 rings (SSSR count). The van der Waals surface area contributed by atoms with Crippen molar-refractivity contribution >= 4 is 45.9 Å². The fraction of sp³-hybridized carbons (Fsp3) is 0.389. The largest absolute Gasteiger partial charge is 0.467 e. The Morgan fingerprint density at radius 3 is 2.81 bits per heavy atom. The van der Waals surface area contributed by atoms with E-state index < -0.39 is 0 Å². The lowest BCUT2D eigenvalue weighted by atomic mass is 10.1. The van der Waals surface area contributed by atoms with E-state index in [0.717, 1.165) is 23.2 Å². The lowest BCUT2D eigenvalue weighted by Crippen LogP contribution is -2.39. The van der Waals surface area contributed by atoms with E-state index in [1.165, 1.54) is 6.07 Å². The fourth-order valence-corrected chi connectivity index (χ4v) is 2.63. The Morgan fingerprint density at radius 2 is 2.08 bits per heavy atom. The van der Waals surface area contributed by atoms with Gasteiger partial charge >= 0.3 is 0 Å². The molecule has 5 nitrogen and oxygen atoms in total. The summed E-state index contributed by atoms with van der Waals surface area (Å²) in [6.45, 7) is 2.46. The highest BCUT2D eigenvalue weighted by Gasteiger charge is 2.04. The highest BCUT2D eigenvalue weighted by Crippen LogP contribution is 2.15. The van der Waals surface area contributed by atoms with E-state index in [1.54, 1.807) is 25.4 Å². The maximum atomic E-state index is 13.7. The van der Waals surface area contributed by atoms with Crippen LogP contribution in [0.25, 0.3) is 0 Å². The van der Waals surface area contributed by atoms with Crippen LogP contribution >= 0.6 is 39.9 Å². The first-order valence-electron chi connectivity index (χ1n) is 8.17. The van der Waals surface area contributed by atoms with Crippen LogP contribution in [0.15, 0.2) is 50.5 Å². The zero-order chi connectivity index (χ0) is 17.9. The topological polar surface area (TPSA) is 58.8 Å². The predicted molar refractivity (Wildman–Crippen MR) is 116 cm³/mol. The van der Waals surface area contributed by atoms with Gasteiger partial charge in [-0.1, -0.05) is 15.9 Å². The van der Waals surface area contributed by atoms with Crippen LogP contribution in [0.2, 0.25) is 0 Å². The van der Waals surface area contributed by atoms with Gasteiger partial charge in [0, 0.05) is 31.2 Å². The summed E-state index contributed by atoms with van der Waals surface area (Å²) in [6, 6.07) is 8.69. The van der Waals surface area contributed by atoms with Crippen LogP contribution in [-0.2, 0) is 17.8 Å². The van der Waals surface area contributed by atoms with E-state index in [9.17, 15) is 4.39 Å². The van der Waals surface area contributed by atoms with Crippen LogP contribution in [-0.4, -0.2) is 32.7 Å². The van der Waals surface area contributed by atoms with Crippen molar-refractivity contribution in [3.8, 4) is 0 Å². The molecule has 0 saturated carbocycles. The van der Waals surface area contributed by atoms with Gasteiger partial charge in [-0.25, -0.2) is 4.39 Å². The summed E-state index contributed by atoms with van der Waals surface area (Å²) in [5, 5.41) is 6.39. The zero-order valence-corrected chi connectivity index (χ0v) is 18.6. The number of ether oxygens (including phenoxy) is 1. The van der Waals surface area contributed by atoms with Crippen molar-refractivity contribution in [1.82, 2.24) is 10.6 Å². The molecule has 0 saturated heterocycles. The Labute approximate surface area is 178 Å². The lowest BCUT2D eigenvalue weighted by molar-refractivity contribution is 0.105. The predicted octanol–water partition coefficient (Wildman–Crippen LogP) is 4.11. The molecule has 0 aliphatic heterocycles. The third-order valence-corrected chi connectivity index (χ3v) is 3.99. The number of furan rings is 1. The number of rotatable bonds is 9. The molecule has 26 heavy (non-hydrogen) atoms. The fourth-order valence-electron chi connectivity index (χ4n) is 2.22. The summed E-state index contributed by atoms with van der Waals surface area (Å²) in [4.78, 5) is 4.15. The summed E-state index contributed by atoms with van der Waals surface area (Å²) < 4.78 is 25.3. The monoisotopic (exact) mass is 539 g/mol. The van der Waals surface area contributed by atoms with Crippen molar-refractivity contribution in [2.45, 2.75) is 19.4 Å². The van der Waals surface area contributed by atoms with Crippen molar-refractivity contribution in [1.29, 1.82) is 0 Å². The molecule has 1 heterocycles. The average Bonchev–Trinajstić information content (AvgIpc) is 3.12. The van der Waals surface area contributed by atoms with Crippen molar-refractivity contribution in [2.24, 2.45) is 4.99 Å². The summed E-state index contributed by atoms with van der Waals surface area (Å²) in [5.41, 5.74) is 0.670. The SMILES string of the molecule is CN=C(NCCCOCc1ccco1)NCCc1cc(Br)ccc1F.I. The second-order valence-electron chi connectivity index (χ2n) is 5.40. The van der Waals surface area contributed by atoms with Crippen LogP contribution in [0, 0.1) is 5.82 Å². The van der Waals surface area contributed by atoms with Gasteiger partial charge in [0.15, 0.2) is 5.96 Å². The number of nitrogens with zero attached hydrogens (tertiary/aromatic N) is 1. The van der Waals surface area contributed by atoms with Crippen LogP contribution < -0.4 is 10.6 Å². The van der Waals surface area contributed by atoms with Gasteiger partial charge in [-0.2, -0.15) is 0 Å². The molecule has 0 aliphatic carbocycles. The van der Waals surface area contributed by atoms with Crippen LogP contribution in [0.1, 0.15) is 17.7 Å². The minimum absolute atomic E-state index is 0. The molecule has 8 heteroatoms. The maximum absolute atomic E-state index is 13.7. The van der Waals surface area contributed by atoms with Crippen molar-refractivity contribution in [3.63, 3.8) is 0 Å². The molecule has 0 aliphatic rings. The van der Waals surface area contributed by atoms with E-state index in [4.69, 9.17) is 9.15 Å². The second-order valence-corrected chi connectivity index (χ2v) is 6.31. The summed E-state index contributed by atoms with van der Waals surface area (Å²) in [7, 11) is 1.71. The van der Waals surface area contributed by atoms with Gasteiger partial charge in [-0.15, -0.1) is 24.0 Å². The molecule has 2 aromatic rings. The summed E-state index contributed by atoms with van der Waals surface area (Å²) >= 11 is 3.36. The summed E-state index contributed by atoms with van der Waals surface area (Å²) in [6.07, 6.45) is 3.07. The number of aliphatic imine (C=N–C) groups is 1. The molecule has 0 spiro atoms. The number of halogens is 3. The second kappa shape index (κ2) is 13.1. The third kappa shape index (κ3) is 8.50. The molecule has 1 aromatic carbocycles. The van der Waals surface area contributed by atoms with Gasteiger partial charge in [0.2, 0.25) is 0 Å². The molecule has 144 valence electrons. The molecular weight excluding hydrogens is 516 g/mol. The highest BCUT2D eigenvalue weighted by atomic mass is 127.